The van der Waals surface area contributed by atoms with Crippen LogP contribution >= 0.6 is 0 Å². The molecule has 0 spiro atoms. The highest BCUT2D eigenvalue weighted by atomic mass is 16.3. The first-order chi connectivity index (χ1) is 9.85. The molecule has 0 fully saturated rings. The van der Waals surface area contributed by atoms with Crippen LogP contribution in [-0.4, -0.2) is 5.11 Å². The summed E-state index contributed by atoms with van der Waals surface area (Å²) in [6, 6.07) is 6.53. The minimum Gasteiger partial charge on any atom is -0.507 e. The lowest BCUT2D eigenvalue weighted by molar-refractivity contribution is 0.466. The van der Waals surface area contributed by atoms with Crippen LogP contribution in [-0.2, 0) is 12.8 Å². The number of phenols is 1. The van der Waals surface area contributed by atoms with Crippen LogP contribution in [0.25, 0.3) is 0 Å². The minimum atomic E-state index is 0.421. The van der Waals surface area contributed by atoms with Crippen molar-refractivity contribution in [3.8, 4) is 5.75 Å². The van der Waals surface area contributed by atoms with Crippen molar-refractivity contribution in [3.63, 3.8) is 0 Å². The fraction of sp³-hybridized carbons (Fsp3) is 0.400. The number of benzene rings is 2. The summed E-state index contributed by atoms with van der Waals surface area (Å²) >= 11 is 0. The Morgan fingerprint density at radius 2 is 1.38 bits per heavy atom. The molecule has 0 radical (unpaired) electrons. The molecule has 1 N–H and O–H groups in total. The fourth-order valence-electron chi connectivity index (χ4n) is 3.21. The summed E-state index contributed by atoms with van der Waals surface area (Å²) < 4.78 is 0. The predicted octanol–water partition coefficient (Wildman–Crippen LogP) is 5.09. The van der Waals surface area contributed by atoms with Crippen molar-refractivity contribution in [1.29, 1.82) is 0 Å². The van der Waals surface area contributed by atoms with Crippen LogP contribution < -0.4 is 0 Å². The third-order valence-corrected chi connectivity index (χ3v) is 4.68. The van der Waals surface area contributed by atoms with Crippen LogP contribution in [0.5, 0.6) is 5.75 Å². The summed E-state index contributed by atoms with van der Waals surface area (Å²) in [6.45, 7) is 12.8. The van der Waals surface area contributed by atoms with Crippen LogP contribution in [0.4, 0.5) is 0 Å². The van der Waals surface area contributed by atoms with Gasteiger partial charge in [0.05, 0.1) is 0 Å². The van der Waals surface area contributed by atoms with E-state index in [0.717, 1.165) is 24.0 Å². The lowest BCUT2D eigenvalue weighted by atomic mass is 9.88. The van der Waals surface area contributed by atoms with Gasteiger partial charge in [-0.25, -0.2) is 0 Å². The van der Waals surface area contributed by atoms with Gasteiger partial charge >= 0.3 is 0 Å². The van der Waals surface area contributed by atoms with E-state index >= 15 is 0 Å². The molecular weight excluding hydrogens is 256 g/mol. The van der Waals surface area contributed by atoms with Crippen molar-refractivity contribution in [1.82, 2.24) is 0 Å². The highest BCUT2D eigenvalue weighted by Gasteiger charge is 2.11. The SMILES string of the molecule is CCc1cc(C)c(Cc2cc(C)c(O)c(C)c2)c(C)c1C. The van der Waals surface area contributed by atoms with Gasteiger partial charge in [-0.15, -0.1) is 0 Å². The molecule has 0 heterocycles. The number of phenolic OH excluding ortho intramolecular Hbond substituents is 1. The van der Waals surface area contributed by atoms with Crippen LogP contribution in [0.1, 0.15) is 51.4 Å². The molecule has 0 saturated carbocycles. The highest BCUT2D eigenvalue weighted by Crippen LogP contribution is 2.28. The smallest absolute Gasteiger partial charge is 0.121 e. The summed E-state index contributed by atoms with van der Waals surface area (Å²) in [5.41, 5.74) is 10.3. The summed E-state index contributed by atoms with van der Waals surface area (Å²) in [6.07, 6.45) is 2.02. The van der Waals surface area contributed by atoms with Crippen molar-refractivity contribution in [3.05, 3.63) is 62.7 Å². The Morgan fingerprint density at radius 3 is 1.90 bits per heavy atom. The Morgan fingerprint density at radius 1 is 0.810 bits per heavy atom. The van der Waals surface area contributed by atoms with Crippen molar-refractivity contribution in [2.24, 2.45) is 0 Å². The zero-order chi connectivity index (χ0) is 15.7. The van der Waals surface area contributed by atoms with Crippen molar-refractivity contribution in [2.75, 3.05) is 0 Å². The standard InChI is InChI=1S/C20H26O/c1-7-18-10-12(2)19(16(6)15(18)5)11-17-8-13(3)20(21)14(4)9-17/h8-10,21H,7,11H2,1-6H3. The Labute approximate surface area is 128 Å². The maximum atomic E-state index is 9.92. The fourth-order valence-corrected chi connectivity index (χ4v) is 3.21. The van der Waals surface area contributed by atoms with E-state index < -0.39 is 0 Å². The monoisotopic (exact) mass is 282 g/mol. The zero-order valence-corrected chi connectivity index (χ0v) is 14.1. The minimum absolute atomic E-state index is 0.421. The second-order valence-electron chi connectivity index (χ2n) is 6.19. The first kappa shape index (κ1) is 15.6. The lowest BCUT2D eigenvalue weighted by Gasteiger charge is -2.17. The maximum Gasteiger partial charge on any atom is 0.121 e. The molecule has 2 aromatic rings. The molecule has 0 aliphatic carbocycles. The molecule has 2 aromatic carbocycles. The van der Waals surface area contributed by atoms with E-state index in [1.807, 2.05) is 13.8 Å². The van der Waals surface area contributed by atoms with E-state index in [4.69, 9.17) is 0 Å². The van der Waals surface area contributed by atoms with Gasteiger partial charge in [-0.1, -0.05) is 25.1 Å². The van der Waals surface area contributed by atoms with Crippen LogP contribution in [0, 0.1) is 34.6 Å². The third-order valence-electron chi connectivity index (χ3n) is 4.68. The van der Waals surface area contributed by atoms with Gasteiger partial charge in [-0.2, -0.15) is 0 Å². The molecule has 0 amide bonds. The van der Waals surface area contributed by atoms with E-state index in [1.165, 1.54) is 33.4 Å². The van der Waals surface area contributed by atoms with Gasteiger partial charge in [-0.05, 0) is 92.0 Å². The highest BCUT2D eigenvalue weighted by molar-refractivity contribution is 5.49. The molecule has 0 unspecified atom stereocenters. The number of aromatic hydroxyl groups is 1. The normalized spacial score (nSPS) is 11.0. The second kappa shape index (κ2) is 5.93. The number of hydrogen-bond acceptors (Lipinski definition) is 1. The first-order valence-corrected chi connectivity index (χ1v) is 7.72. The van der Waals surface area contributed by atoms with Gasteiger partial charge in [0.25, 0.3) is 0 Å². The van der Waals surface area contributed by atoms with Crippen molar-refractivity contribution in [2.45, 2.75) is 54.4 Å². The second-order valence-corrected chi connectivity index (χ2v) is 6.19. The molecule has 2 rings (SSSR count). The summed E-state index contributed by atoms with van der Waals surface area (Å²) in [4.78, 5) is 0. The Balaban J connectivity index is 2.47. The maximum absolute atomic E-state index is 9.92. The number of hydrogen-bond donors (Lipinski definition) is 1. The Bertz CT molecular complexity index is 658. The molecule has 0 saturated heterocycles. The topological polar surface area (TPSA) is 20.2 Å². The average molecular weight is 282 g/mol. The summed E-state index contributed by atoms with van der Waals surface area (Å²) in [7, 11) is 0. The molecule has 0 bridgehead atoms. The van der Waals surface area contributed by atoms with Gasteiger partial charge in [0, 0.05) is 0 Å². The van der Waals surface area contributed by atoms with Gasteiger partial charge in [0.1, 0.15) is 5.75 Å². The van der Waals surface area contributed by atoms with E-state index in [2.05, 4.69) is 45.9 Å². The average Bonchev–Trinajstić information content (AvgIpc) is 2.44. The van der Waals surface area contributed by atoms with Gasteiger partial charge in [0.2, 0.25) is 0 Å². The van der Waals surface area contributed by atoms with Crippen LogP contribution in [0.2, 0.25) is 0 Å². The third kappa shape index (κ3) is 2.97. The van der Waals surface area contributed by atoms with Crippen molar-refractivity contribution < 1.29 is 5.11 Å². The van der Waals surface area contributed by atoms with Gasteiger partial charge in [-0.3, -0.25) is 0 Å². The van der Waals surface area contributed by atoms with Gasteiger partial charge < -0.3 is 5.11 Å². The van der Waals surface area contributed by atoms with Crippen LogP contribution in [0.15, 0.2) is 18.2 Å². The van der Waals surface area contributed by atoms with E-state index in [0.29, 0.717) is 5.75 Å². The molecule has 112 valence electrons. The van der Waals surface area contributed by atoms with Gasteiger partial charge in [0.15, 0.2) is 0 Å². The molecule has 0 atom stereocenters. The Hall–Kier alpha value is -1.76. The number of aryl methyl sites for hydroxylation is 4. The Kier molecular flexibility index (Phi) is 4.41. The zero-order valence-electron chi connectivity index (χ0n) is 14.1. The quantitative estimate of drug-likeness (QED) is 0.831. The molecule has 1 nitrogen and oxygen atoms in total. The lowest BCUT2D eigenvalue weighted by Crippen LogP contribution is -2.02. The molecule has 0 aromatic heterocycles. The molecular formula is C20H26O. The molecule has 0 aliphatic rings. The van der Waals surface area contributed by atoms with Crippen molar-refractivity contribution >= 4 is 0 Å². The molecule has 21 heavy (non-hydrogen) atoms. The van der Waals surface area contributed by atoms with E-state index in [9.17, 15) is 5.11 Å². The van der Waals surface area contributed by atoms with Crippen LogP contribution in [0.3, 0.4) is 0 Å². The summed E-state index contributed by atoms with van der Waals surface area (Å²) in [5.74, 6) is 0.421. The van der Waals surface area contributed by atoms with E-state index in [1.54, 1.807) is 0 Å². The summed E-state index contributed by atoms with van der Waals surface area (Å²) in [5, 5.41) is 9.92. The molecule has 1 heteroatoms. The number of rotatable bonds is 3. The predicted molar refractivity (Wildman–Crippen MR) is 90.4 cm³/mol. The first-order valence-electron chi connectivity index (χ1n) is 7.72. The van der Waals surface area contributed by atoms with E-state index in [-0.39, 0.29) is 0 Å². The largest absolute Gasteiger partial charge is 0.507 e. The molecule has 0 aliphatic heterocycles.